The molecule has 1 aliphatic rings. The van der Waals surface area contributed by atoms with Crippen LogP contribution in [0, 0.1) is 0 Å². The molecule has 1 aliphatic heterocycles. The zero-order valence-electron chi connectivity index (χ0n) is 18.8. The smallest absolute Gasteiger partial charge is 0.237 e. The van der Waals surface area contributed by atoms with Gasteiger partial charge in [-0.05, 0) is 43.5 Å². The number of carbonyl (C=O) groups excluding carboxylic acids is 2. The molecular weight excluding hydrogens is 438 g/mol. The van der Waals surface area contributed by atoms with Crippen LogP contribution in [0.1, 0.15) is 24.7 Å². The lowest BCUT2D eigenvalue weighted by molar-refractivity contribution is -0.116. The fourth-order valence-corrected chi connectivity index (χ4v) is 4.85. The number of hydrogen-bond donors (Lipinski definition) is 1. The van der Waals surface area contributed by atoms with E-state index in [9.17, 15) is 9.59 Å². The molecule has 9 heteroatoms. The molecule has 3 aromatic rings. The third-order valence-electron chi connectivity index (χ3n) is 5.55. The Balaban J connectivity index is 1.40. The SMILES string of the molecule is CCn1c(CC(=O)Nc2ccccc2OC)nnc1SCC(=O)N1CCCc2ccccc21. The first kappa shape index (κ1) is 22.8. The van der Waals surface area contributed by atoms with Crippen LogP contribution in [0.5, 0.6) is 5.75 Å². The van der Waals surface area contributed by atoms with Gasteiger partial charge in [-0.25, -0.2) is 0 Å². The van der Waals surface area contributed by atoms with Crippen molar-refractivity contribution in [3.63, 3.8) is 0 Å². The Kier molecular flexibility index (Phi) is 7.29. The maximum Gasteiger partial charge on any atom is 0.237 e. The van der Waals surface area contributed by atoms with Crippen LogP contribution in [0.15, 0.2) is 53.7 Å². The van der Waals surface area contributed by atoms with Crippen molar-refractivity contribution in [2.45, 2.75) is 37.9 Å². The van der Waals surface area contributed by atoms with Gasteiger partial charge in [-0.3, -0.25) is 9.59 Å². The summed E-state index contributed by atoms with van der Waals surface area (Å²) in [5, 5.41) is 12.0. The zero-order valence-corrected chi connectivity index (χ0v) is 19.6. The van der Waals surface area contributed by atoms with Crippen molar-refractivity contribution in [3.8, 4) is 5.75 Å². The Labute approximate surface area is 197 Å². The van der Waals surface area contributed by atoms with Crippen molar-refractivity contribution >= 4 is 35.0 Å². The predicted molar refractivity (Wildman–Crippen MR) is 129 cm³/mol. The van der Waals surface area contributed by atoms with Crippen molar-refractivity contribution < 1.29 is 14.3 Å². The number of hydrogen-bond acceptors (Lipinski definition) is 6. The highest BCUT2D eigenvalue weighted by Crippen LogP contribution is 2.28. The van der Waals surface area contributed by atoms with Crippen LogP contribution in [0.3, 0.4) is 0 Å². The summed E-state index contributed by atoms with van der Waals surface area (Å²) in [4.78, 5) is 27.4. The van der Waals surface area contributed by atoms with E-state index in [1.165, 1.54) is 17.3 Å². The van der Waals surface area contributed by atoms with Gasteiger partial charge in [0.25, 0.3) is 0 Å². The van der Waals surface area contributed by atoms with Crippen LogP contribution in [0.4, 0.5) is 11.4 Å². The lowest BCUT2D eigenvalue weighted by Crippen LogP contribution is -2.36. The highest BCUT2D eigenvalue weighted by atomic mass is 32.2. The number of benzene rings is 2. The molecule has 1 aromatic heterocycles. The van der Waals surface area contributed by atoms with Gasteiger partial charge in [-0.15, -0.1) is 10.2 Å². The number of carbonyl (C=O) groups is 2. The van der Waals surface area contributed by atoms with E-state index in [0.717, 1.165) is 25.1 Å². The summed E-state index contributed by atoms with van der Waals surface area (Å²) in [7, 11) is 1.56. The van der Waals surface area contributed by atoms with E-state index >= 15 is 0 Å². The van der Waals surface area contributed by atoms with Crippen LogP contribution < -0.4 is 15.0 Å². The van der Waals surface area contributed by atoms with Gasteiger partial charge < -0.3 is 19.5 Å². The molecule has 0 unspecified atom stereocenters. The zero-order chi connectivity index (χ0) is 23.2. The molecule has 2 aromatic carbocycles. The van der Waals surface area contributed by atoms with E-state index in [-0.39, 0.29) is 24.0 Å². The summed E-state index contributed by atoms with van der Waals surface area (Å²) in [6, 6.07) is 15.3. The average molecular weight is 466 g/mol. The first-order valence-electron chi connectivity index (χ1n) is 11.0. The first-order valence-corrected chi connectivity index (χ1v) is 11.9. The maximum absolute atomic E-state index is 13.0. The van der Waals surface area contributed by atoms with Crippen LogP contribution >= 0.6 is 11.8 Å². The van der Waals surface area contributed by atoms with E-state index in [4.69, 9.17) is 4.74 Å². The van der Waals surface area contributed by atoms with Gasteiger partial charge in [0, 0.05) is 18.8 Å². The third-order valence-corrected chi connectivity index (χ3v) is 6.50. The molecule has 0 radical (unpaired) electrons. The van der Waals surface area contributed by atoms with Crippen molar-refractivity contribution in [1.82, 2.24) is 14.8 Å². The second-order valence-corrected chi connectivity index (χ2v) is 8.58. The Morgan fingerprint density at radius 3 is 2.73 bits per heavy atom. The molecule has 0 aliphatic carbocycles. The van der Waals surface area contributed by atoms with Crippen LogP contribution in [-0.2, 0) is 29.0 Å². The fourth-order valence-electron chi connectivity index (χ4n) is 3.96. The predicted octanol–water partition coefficient (Wildman–Crippen LogP) is 3.56. The number of thioether (sulfide) groups is 1. The van der Waals surface area contributed by atoms with Gasteiger partial charge in [0.1, 0.15) is 11.6 Å². The van der Waals surface area contributed by atoms with Crippen LogP contribution in [0.25, 0.3) is 0 Å². The minimum atomic E-state index is -0.209. The standard InChI is InChI=1S/C24H27N5O3S/c1-3-28-21(15-22(30)25-18-11-5-7-13-20(18)32-2)26-27-24(28)33-16-23(31)29-14-8-10-17-9-4-6-12-19(17)29/h4-7,9,11-13H,3,8,10,14-16H2,1-2H3,(H,25,30). The van der Waals surface area contributed by atoms with E-state index in [0.29, 0.717) is 29.0 Å². The maximum atomic E-state index is 13.0. The summed E-state index contributed by atoms with van der Waals surface area (Å²) >= 11 is 1.35. The minimum absolute atomic E-state index is 0.0493. The molecule has 4 rings (SSSR count). The van der Waals surface area contributed by atoms with Crippen LogP contribution in [-0.4, -0.2) is 46.0 Å². The number of fused-ring (bicyclic) bond motifs is 1. The van der Waals surface area contributed by atoms with Crippen molar-refractivity contribution in [1.29, 1.82) is 0 Å². The summed E-state index contributed by atoms with van der Waals surface area (Å²) in [6.07, 6.45) is 2.04. The summed E-state index contributed by atoms with van der Waals surface area (Å²) in [5.41, 5.74) is 2.82. The van der Waals surface area contributed by atoms with E-state index in [2.05, 4.69) is 21.6 Å². The molecule has 2 heterocycles. The number of anilines is 2. The lowest BCUT2D eigenvalue weighted by Gasteiger charge is -2.29. The number of methoxy groups -OCH3 is 1. The molecule has 172 valence electrons. The van der Waals surface area contributed by atoms with E-state index in [1.54, 1.807) is 19.2 Å². The monoisotopic (exact) mass is 465 g/mol. The number of rotatable bonds is 8. The number of aryl methyl sites for hydroxylation is 1. The Morgan fingerprint density at radius 2 is 1.91 bits per heavy atom. The second kappa shape index (κ2) is 10.5. The highest BCUT2D eigenvalue weighted by Gasteiger charge is 2.23. The van der Waals surface area contributed by atoms with Gasteiger partial charge >= 0.3 is 0 Å². The summed E-state index contributed by atoms with van der Waals surface area (Å²) < 4.78 is 7.16. The summed E-state index contributed by atoms with van der Waals surface area (Å²) in [6.45, 7) is 3.30. The van der Waals surface area contributed by atoms with Gasteiger partial charge in [-0.1, -0.05) is 42.1 Å². The normalized spacial score (nSPS) is 12.8. The van der Waals surface area contributed by atoms with E-state index < -0.39 is 0 Å². The van der Waals surface area contributed by atoms with Gasteiger partial charge in [0.2, 0.25) is 11.8 Å². The van der Waals surface area contributed by atoms with Gasteiger partial charge in [0.05, 0.1) is 25.0 Å². The third kappa shape index (κ3) is 5.19. The minimum Gasteiger partial charge on any atom is -0.495 e. The molecular formula is C24H27N5O3S. The number of aromatic nitrogens is 3. The average Bonchev–Trinajstić information content (AvgIpc) is 3.23. The van der Waals surface area contributed by atoms with E-state index in [1.807, 2.05) is 46.7 Å². The Bertz CT molecular complexity index is 1150. The second-order valence-electron chi connectivity index (χ2n) is 7.63. The van der Waals surface area contributed by atoms with Crippen molar-refractivity contribution in [3.05, 3.63) is 59.9 Å². The Hall–Kier alpha value is -3.33. The molecule has 0 fully saturated rings. The molecule has 1 N–H and O–H groups in total. The van der Waals surface area contributed by atoms with Crippen molar-refractivity contribution in [2.75, 3.05) is 29.6 Å². The molecule has 0 atom stereocenters. The molecule has 33 heavy (non-hydrogen) atoms. The molecule has 0 spiro atoms. The van der Waals surface area contributed by atoms with Crippen LogP contribution in [0.2, 0.25) is 0 Å². The highest BCUT2D eigenvalue weighted by molar-refractivity contribution is 7.99. The number of nitrogens with one attached hydrogen (secondary N) is 1. The number of para-hydroxylation sites is 3. The first-order chi connectivity index (χ1) is 16.1. The quantitative estimate of drug-likeness (QED) is 0.512. The lowest BCUT2D eigenvalue weighted by atomic mass is 10.0. The van der Waals surface area contributed by atoms with Crippen molar-refractivity contribution in [2.24, 2.45) is 0 Å². The van der Waals surface area contributed by atoms with Gasteiger partial charge in [0.15, 0.2) is 5.16 Å². The molecule has 2 amide bonds. The number of nitrogens with zero attached hydrogens (tertiary/aromatic N) is 4. The topological polar surface area (TPSA) is 89.4 Å². The molecule has 0 saturated carbocycles. The number of ether oxygens (including phenoxy) is 1. The fraction of sp³-hybridized carbons (Fsp3) is 0.333. The molecule has 0 saturated heterocycles. The largest absolute Gasteiger partial charge is 0.495 e. The summed E-state index contributed by atoms with van der Waals surface area (Å²) in [5.74, 6) is 1.26. The number of amides is 2. The molecule has 0 bridgehead atoms. The molecule has 8 nitrogen and oxygen atoms in total. The van der Waals surface area contributed by atoms with Gasteiger partial charge in [-0.2, -0.15) is 0 Å². The Morgan fingerprint density at radius 1 is 1.12 bits per heavy atom.